The second kappa shape index (κ2) is 10.2. The highest BCUT2D eigenvalue weighted by atomic mass is 35.5. The molecular formula is C18H23ClO3. The summed E-state index contributed by atoms with van der Waals surface area (Å²) in [5.41, 5.74) is 0.970. The minimum atomic E-state index is -0.800. The van der Waals surface area contributed by atoms with Gasteiger partial charge in [-0.3, -0.25) is 9.59 Å². The SMILES string of the molecule is C=CCCC(=O)CCC[C@@H](CCc1ccccc1Cl)C(=O)O. The Labute approximate surface area is 137 Å². The van der Waals surface area contributed by atoms with Crippen LogP contribution in [0.2, 0.25) is 5.02 Å². The van der Waals surface area contributed by atoms with Crippen molar-refractivity contribution in [3.8, 4) is 0 Å². The average Bonchev–Trinajstić information content (AvgIpc) is 2.49. The summed E-state index contributed by atoms with van der Waals surface area (Å²) in [6, 6.07) is 7.48. The normalized spacial score (nSPS) is 11.9. The minimum Gasteiger partial charge on any atom is -0.481 e. The Morgan fingerprint density at radius 1 is 1.23 bits per heavy atom. The van der Waals surface area contributed by atoms with Gasteiger partial charge in [-0.15, -0.1) is 6.58 Å². The Kier molecular flexibility index (Phi) is 8.53. The summed E-state index contributed by atoms with van der Waals surface area (Å²) in [4.78, 5) is 22.9. The number of carboxylic acids is 1. The van der Waals surface area contributed by atoms with E-state index in [4.69, 9.17) is 11.6 Å². The maximum absolute atomic E-state index is 11.6. The molecule has 22 heavy (non-hydrogen) atoms. The van der Waals surface area contributed by atoms with Crippen molar-refractivity contribution in [1.29, 1.82) is 0 Å². The van der Waals surface area contributed by atoms with Crippen LogP contribution in [0, 0.1) is 5.92 Å². The van der Waals surface area contributed by atoms with Gasteiger partial charge in [0.05, 0.1) is 5.92 Å². The molecule has 1 aromatic carbocycles. The molecule has 1 aromatic rings. The maximum Gasteiger partial charge on any atom is 0.306 e. The molecular weight excluding hydrogens is 300 g/mol. The van der Waals surface area contributed by atoms with E-state index in [0.29, 0.717) is 50.0 Å². The molecule has 0 amide bonds. The van der Waals surface area contributed by atoms with Gasteiger partial charge in [0, 0.05) is 17.9 Å². The number of halogens is 1. The molecule has 0 unspecified atom stereocenters. The van der Waals surface area contributed by atoms with Crippen LogP contribution in [0.15, 0.2) is 36.9 Å². The minimum absolute atomic E-state index is 0.176. The number of hydrogen-bond donors (Lipinski definition) is 1. The Morgan fingerprint density at radius 3 is 2.59 bits per heavy atom. The predicted molar refractivity (Wildman–Crippen MR) is 89.2 cm³/mol. The first-order valence-electron chi connectivity index (χ1n) is 7.63. The van der Waals surface area contributed by atoms with E-state index in [-0.39, 0.29) is 5.78 Å². The number of carboxylic acid groups (broad SMARTS) is 1. The number of rotatable bonds is 11. The fraction of sp³-hybridized carbons (Fsp3) is 0.444. The van der Waals surface area contributed by atoms with E-state index in [1.807, 2.05) is 24.3 Å². The molecule has 0 aromatic heterocycles. The number of benzene rings is 1. The van der Waals surface area contributed by atoms with Gasteiger partial charge in [-0.2, -0.15) is 0 Å². The van der Waals surface area contributed by atoms with Crippen LogP contribution in [0.3, 0.4) is 0 Å². The zero-order valence-corrected chi connectivity index (χ0v) is 13.5. The van der Waals surface area contributed by atoms with Crippen molar-refractivity contribution in [2.75, 3.05) is 0 Å². The van der Waals surface area contributed by atoms with Gasteiger partial charge < -0.3 is 5.11 Å². The number of hydrogen-bond acceptors (Lipinski definition) is 2. The number of Topliss-reactive ketones (excluding diaryl/α,β-unsaturated/α-hetero) is 1. The molecule has 1 atom stereocenters. The molecule has 120 valence electrons. The quantitative estimate of drug-likeness (QED) is 0.602. The topological polar surface area (TPSA) is 54.4 Å². The molecule has 0 spiro atoms. The van der Waals surface area contributed by atoms with Crippen LogP contribution < -0.4 is 0 Å². The number of carbonyl (C=O) groups is 2. The lowest BCUT2D eigenvalue weighted by Crippen LogP contribution is -2.15. The van der Waals surface area contributed by atoms with Crippen LogP contribution >= 0.6 is 11.6 Å². The first-order chi connectivity index (χ1) is 10.5. The van der Waals surface area contributed by atoms with Gasteiger partial charge in [0.15, 0.2) is 0 Å². The van der Waals surface area contributed by atoms with Crippen LogP contribution in [0.1, 0.15) is 44.1 Å². The van der Waals surface area contributed by atoms with E-state index in [0.717, 1.165) is 5.56 Å². The lowest BCUT2D eigenvalue weighted by Gasteiger charge is -2.12. The van der Waals surface area contributed by atoms with Gasteiger partial charge in [0.25, 0.3) is 0 Å². The van der Waals surface area contributed by atoms with Gasteiger partial charge in [0.2, 0.25) is 0 Å². The van der Waals surface area contributed by atoms with Gasteiger partial charge >= 0.3 is 5.97 Å². The molecule has 1 N–H and O–H groups in total. The summed E-state index contributed by atoms with van der Waals surface area (Å²) in [7, 11) is 0. The van der Waals surface area contributed by atoms with Crippen molar-refractivity contribution in [1.82, 2.24) is 0 Å². The number of carbonyl (C=O) groups excluding carboxylic acids is 1. The highest BCUT2D eigenvalue weighted by Crippen LogP contribution is 2.21. The third kappa shape index (κ3) is 6.90. The van der Waals surface area contributed by atoms with E-state index in [9.17, 15) is 14.7 Å². The Balaban J connectivity index is 2.39. The van der Waals surface area contributed by atoms with Gasteiger partial charge in [-0.1, -0.05) is 35.9 Å². The molecule has 0 saturated carbocycles. The molecule has 0 radical (unpaired) electrons. The summed E-state index contributed by atoms with van der Waals surface area (Å²) in [6.07, 6.45) is 5.69. The molecule has 0 aliphatic heterocycles. The molecule has 0 heterocycles. The molecule has 0 aliphatic rings. The third-order valence-electron chi connectivity index (χ3n) is 3.70. The molecule has 0 fully saturated rings. The summed E-state index contributed by atoms with van der Waals surface area (Å²) >= 11 is 6.08. The maximum atomic E-state index is 11.6. The van der Waals surface area contributed by atoms with Crippen molar-refractivity contribution in [2.24, 2.45) is 5.92 Å². The largest absolute Gasteiger partial charge is 0.481 e. The fourth-order valence-electron chi connectivity index (χ4n) is 2.36. The summed E-state index contributed by atoms with van der Waals surface area (Å²) < 4.78 is 0. The predicted octanol–water partition coefficient (Wildman–Crippen LogP) is 4.68. The standard InChI is InChI=1S/C18H23ClO3/c1-2-3-9-16(20)10-6-8-15(18(21)22)13-12-14-7-4-5-11-17(14)19/h2,4-5,7,11,15H,1,3,6,8-10,12-13H2,(H,21,22)/t15-/m0/s1. The zero-order valence-electron chi connectivity index (χ0n) is 12.8. The van der Waals surface area contributed by atoms with E-state index in [1.54, 1.807) is 6.08 Å². The first kappa shape index (κ1) is 18.4. The van der Waals surface area contributed by atoms with Crippen molar-refractivity contribution in [2.45, 2.75) is 44.9 Å². The Bertz CT molecular complexity index is 511. The number of ketones is 1. The highest BCUT2D eigenvalue weighted by Gasteiger charge is 2.18. The third-order valence-corrected chi connectivity index (χ3v) is 4.07. The number of aliphatic carboxylic acids is 1. The summed E-state index contributed by atoms with van der Waals surface area (Å²) in [6.45, 7) is 3.58. The lowest BCUT2D eigenvalue weighted by atomic mass is 9.93. The molecule has 3 nitrogen and oxygen atoms in total. The van der Waals surface area contributed by atoms with Crippen LogP contribution in [-0.2, 0) is 16.0 Å². The van der Waals surface area contributed by atoms with Crippen LogP contribution in [0.25, 0.3) is 0 Å². The van der Waals surface area contributed by atoms with Gasteiger partial charge in [-0.25, -0.2) is 0 Å². The average molecular weight is 323 g/mol. The zero-order chi connectivity index (χ0) is 16.4. The Morgan fingerprint density at radius 2 is 1.95 bits per heavy atom. The molecule has 4 heteroatoms. The number of allylic oxidation sites excluding steroid dienone is 1. The first-order valence-corrected chi connectivity index (χ1v) is 8.01. The lowest BCUT2D eigenvalue weighted by molar-refractivity contribution is -0.142. The van der Waals surface area contributed by atoms with Gasteiger partial charge in [-0.05, 0) is 43.7 Å². The van der Waals surface area contributed by atoms with Crippen LogP contribution in [0.4, 0.5) is 0 Å². The van der Waals surface area contributed by atoms with Crippen LogP contribution in [0.5, 0.6) is 0 Å². The fourth-order valence-corrected chi connectivity index (χ4v) is 2.59. The van der Waals surface area contributed by atoms with Crippen molar-refractivity contribution in [3.63, 3.8) is 0 Å². The number of aryl methyl sites for hydroxylation is 1. The smallest absolute Gasteiger partial charge is 0.306 e. The van der Waals surface area contributed by atoms with Crippen LogP contribution in [-0.4, -0.2) is 16.9 Å². The van der Waals surface area contributed by atoms with E-state index < -0.39 is 11.9 Å². The molecule has 0 saturated heterocycles. The van der Waals surface area contributed by atoms with Gasteiger partial charge in [0.1, 0.15) is 5.78 Å². The second-order valence-electron chi connectivity index (χ2n) is 5.42. The summed E-state index contributed by atoms with van der Waals surface area (Å²) in [5.74, 6) is -1.05. The molecule has 0 aliphatic carbocycles. The summed E-state index contributed by atoms with van der Waals surface area (Å²) in [5, 5.41) is 9.97. The second-order valence-corrected chi connectivity index (χ2v) is 5.83. The molecule has 0 bridgehead atoms. The molecule has 1 rings (SSSR count). The monoisotopic (exact) mass is 322 g/mol. The van der Waals surface area contributed by atoms with Crippen molar-refractivity contribution >= 4 is 23.4 Å². The van der Waals surface area contributed by atoms with E-state index >= 15 is 0 Å². The Hall–Kier alpha value is -1.61. The van der Waals surface area contributed by atoms with Crippen molar-refractivity contribution in [3.05, 3.63) is 47.5 Å². The van der Waals surface area contributed by atoms with E-state index in [1.165, 1.54) is 0 Å². The van der Waals surface area contributed by atoms with E-state index in [2.05, 4.69) is 6.58 Å². The highest BCUT2D eigenvalue weighted by molar-refractivity contribution is 6.31. The van der Waals surface area contributed by atoms with Crippen molar-refractivity contribution < 1.29 is 14.7 Å².